The van der Waals surface area contributed by atoms with Crippen LogP contribution in [-0.4, -0.2) is 17.7 Å². The number of furan rings is 1. The smallest absolute Gasteiger partial charge is 0.282 e. The number of nitrogens with zero attached hydrogens (tertiary/aromatic N) is 1. The Labute approximate surface area is 164 Å². The van der Waals surface area contributed by atoms with E-state index in [0.717, 1.165) is 5.01 Å². The Bertz CT molecular complexity index is 1150. The average molecular weight is 391 g/mol. The van der Waals surface area contributed by atoms with Crippen molar-refractivity contribution in [2.45, 2.75) is 0 Å². The Hall–Kier alpha value is -4.20. The number of benzene rings is 2. The molecule has 0 spiro atoms. The summed E-state index contributed by atoms with van der Waals surface area (Å²) in [6, 6.07) is 15.0. The summed E-state index contributed by atoms with van der Waals surface area (Å²) in [4.78, 5) is 35.9. The molecule has 7 nitrogen and oxygen atoms in total. The van der Waals surface area contributed by atoms with Crippen molar-refractivity contribution in [2.24, 2.45) is 5.73 Å². The molecule has 4 rings (SSSR count). The molecule has 8 heteroatoms. The lowest BCUT2D eigenvalue weighted by Crippen LogP contribution is -2.35. The summed E-state index contributed by atoms with van der Waals surface area (Å²) in [6.07, 6.45) is 1.34. The van der Waals surface area contributed by atoms with E-state index in [1.165, 1.54) is 30.3 Å². The molecule has 3 amide bonds. The molecule has 3 N–H and O–H groups in total. The van der Waals surface area contributed by atoms with Crippen LogP contribution in [0.2, 0.25) is 0 Å². The van der Waals surface area contributed by atoms with Gasteiger partial charge in [0.25, 0.3) is 11.8 Å². The van der Waals surface area contributed by atoms with E-state index in [1.54, 1.807) is 36.4 Å². The number of nitrogens with two attached hydrogens (primary N) is 1. The lowest BCUT2D eigenvalue weighted by atomic mass is 10.1. The van der Waals surface area contributed by atoms with Gasteiger partial charge in [0, 0.05) is 11.1 Å². The summed E-state index contributed by atoms with van der Waals surface area (Å²) in [5, 5.41) is 1.04. The molecule has 1 fully saturated rings. The minimum absolute atomic E-state index is 0.112. The molecule has 0 saturated carbocycles. The Morgan fingerprint density at radius 1 is 1.00 bits per heavy atom. The average Bonchev–Trinajstić information content (AvgIpc) is 3.29. The second-order valence-corrected chi connectivity index (χ2v) is 6.26. The van der Waals surface area contributed by atoms with Crippen molar-refractivity contribution in [2.75, 3.05) is 5.01 Å². The summed E-state index contributed by atoms with van der Waals surface area (Å²) in [6.45, 7) is 0. The van der Waals surface area contributed by atoms with Gasteiger partial charge in [0.05, 0.1) is 5.69 Å². The van der Waals surface area contributed by atoms with Crippen LogP contribution in [0.4, 0.5) is 10.1 Å². The Kier molecular flexibility index (Phi) is 4.44. The molecule has 0 radical (unpaired) electrons. The molecular weight excluding hydrogens is 377 g/mol. The number of nitrogens with one attached hydrogen (secondary N) is 1. The molecule has 29 heavy (non-hydrogen) atoms. The molecule has 0 aliphatic carbocycles. The van der Waals surface area contributed by atoms with Crippen LogP contribution in [0.5, 0.6) is 0 Å². The molecule has 0 bridgehead atoms. The first-order valence-corrected chi connectivity index (χ1v) is 8.55. The molecule has 1 saturated heterocycles. The van der Waals surface area contributed by atoms with Crippen molar-refractivity contribution in [1.82, 2.24) is 5.43 Å². The number of hydrogen-bond donors (Lipinski definition) is 2. The highest BCUT2D eigenvalue weighted by molar-refractivity contribution is 6.31. The zero-order valence-corrected chi connectivity index (χ0v) is 14.9. The summed E-state index contributed by atoms with van der Waals surface area (Å²) in [7, 11) is 0. The van der Waals surface area contributed by atoms with Gasteiger partial charge in [-0.1, -0.05) is 12.1 Å². The molecule has 144 valence electrons. The molecule has 2 heterocycles. The minimum Gasteiger partial charge on any atom is -0.457 e. The normalized spacial score (nSPS) is 15.1. The minimum atomic E-state index is -0.594. The van der Waals surface area contributed by atoms with Gasteiger partial charge >= 0.3 is 0 Å². The third kappa shape index (κ3) is 3.51. The highest BCUT2D eigenvalue weighted by atomic mass is 19.1. The van der Waals surface area contributed by atoms with Crippen molar-refractivity contribution in [3.05, 3.63) is 83.4 Å². The van der Waals surface area contributed by atoms with Gasteiger partial charge in [-0.2, -0.15) is 0 Å². The van der Waals surface area contributed by atoms with E-state index in [0.29, 0.717) is 28.3 Å². The highest BCUT2D eigenvalue weighted by Crippen LogP contribution is 2.26. The Morgan fingerprint density at radius 2 is 1.69 bits per heavy atom. The van der Waals surface area contributed by atoms with Crippen LogP contribution >= 0.6 is 0 Å². The van der Waals surface area contributed by atoms with E-state index in [-0.39, 0.29) is 5.57 Å². The van der Waals surface area contributed by atoms with Crippen molar-refractivity contribution in [1.29, 1.82) is 0 Å². The fourth-order valence-electron chi connectivity index (χ4n) is 2.86. The largest absolute Gasteiger partial charge is 0.457 e. The van der Waals surface area contributed by atoms with E-state index in [1.807, 2.05) is 0 Å². The first kappa shape index (κ1) is 18.2. The maximum absolute atomic E-state index is 13.1. The van der Waals surface area contributed by atoms with E-state index in [9.17, 15) is 18.8 Å². The Balaban J connectivity index is 1.58. The second kappa shape index (κ2) is 7.08. The summed E-state index contributed by atoms with van der Waals surface area (Å²) in [5.74, 6) is -1.35. The van der Waals surface area contributed by atoms with E-state index >= 15 is 0 Å². The van der Waals surface area contributed by atoms with Crippen LogP contribution < -0.4 is 16.2 Å². The molecule has 1 aliphatic heterocycles. The lowest BCUT2D eigenvalue weighted by molar-refractivity contribution is -0.117. The number of primary amides is 1. The quantitative estimate of drug-likeness (QED) is 0.527. The molecule has 1 aromatic heterocycles. The number of hydrazine groups is 1. The van der Waals surface area contributed by atoms with Gasteiger partial charge in [0.2, 0.25) is 5.91 Å². The van der Waals surface area contributed by atoms with E-state index < -0.39 is 23.5 Å². The van der Waals surface area contributed by atoms with Crippen LogP contribution in [-0.2, 0) is 9.59 Å². The first-order valence-electron chi connectivity index (χ1n) is 8.55. The van der Waals surface area contributed by atoms with Gasteiger partial charge in [-0.3, -0.25) is 19.8 Å². The van der Waals surface area contributed by atoms with E-state index in [4.69, 9.17) is 10.2 Å². The van der Waals surface area contributed by atoms with Crippen LogP contribution in [0, 0.1) is 5.82 Å². The number of carbonyl (C=O) groups is 3. The first-order chi connectivity index (χ1) is 13.9. The van der Waals surface area contributed by atoms with Crippen molar-refractivity contribution < 1.29 is 23.2 Å². The zero-order valence-electron chi connectivity index (χ0n) is 14.9. The van der Waals surface area contributed by atoms with Crippen LogP contribution in [0.1, 0.15) is 16.1 Å². The van der Waals surface area contributed by atoms with Crippen molar-refractivity contribution in [3.8, 4) is 11.3 Å². The summed E-state index contributed by atoms with van der Waals surface area (Å²) in [5.41, 5.74) is 8.96. The monoisotopic (exact) mass is 391 g/mol. The number of rotatable bonds is 4. The van der Waals surface area contributed by atoms with Gasteiger partial charge in [-0.05, 0) is 54.6 Å². The summed E-state index contributed by atoms with van der Waals surface area (Å²) < 4.78 is 18.8. The molecule has 0 unspecified atom stereocenters. The molecule has 2 aromatic carbocycles. The number of amides is 3. The standard InChI is InChI=1S/C21H14FN3O4/c22-14-5-7-15(8-6-14)25-21(28)17(20(27)24-25)11-16-9-10-18(29-16)12-1-3-13(4-2-12)19(23)26/h1-11H,(H2,23,26)(H,24,27)/b17-11-. The number of anilines is 1. The SMILES string of the molecule is NC(=O)c1ccc(-c2ccc(/C=C3/C(=O)NN(c4ccc(F)cc4)C3=O)o2)cc1. The van der Waals surface area contributed by atoms with Crippen LogP contribution in [0.3, 0.4) is 0 Å². The molecular formula is C21H14FN3O4. The van der Waals surface area contributed by atoms with Crippen LogP contribution in [0.25, 0.3) is 17.4 Å². The number of carbonyl (C=O) groups excluding carboxylic acids is 3. The molecule has 0 atom stereocenters. The lowest BCUT2D eigenvalue weighted by Gasteiger charge is -2.14. The Morgan fingerprint density at radius 3 is 2.34 bits per heavy atom. The van der Waals surface area contributed by atoms with Crippen molar-refractivity contribution in [3.63, 3.8) is 0 Å². The fraction of sp³-hybridized carbons (Fsp3) is 0. The number of hydrogen-bond acceptors (Lipinski definition) is 4. The van der Waals surface area contributed by atoms with E-state index in [2.05, 4.69) is 5.43 Å². The van der Waals surface area contributed by atoms with Gasteiger partial charge < -0.3 is 10.2 Å². The van der Waals surface area contributed by atoms with Crippen LogP contribution in [0.15, 0.2) is 70.7 Å². The van der Waals surface area contributed by atoms with Gasteiger partial charge in [0.15, 0.2) is 0 Å². The van der Waals surface area contributed by atoms with Gasteiger partial charge in [0.1, 0.15) is 22.9 Å². The topological polar surface area (TPSA) is 106 Å². The summed E-state index contributed by atoms with van der Waals surface area (Å²) >= 11 is 0. The molecule has 1 aliphatic rings. The molecule has 3 aromatic rings. The second-order valence-electron chi connectivity index (χ2n) is 6.26. The fourth-order valence-corrected chi connectivity index (χ4v) is 2.86. The third-order valence-electron chi connectivity index (χ3n) is 4.34. The van der Waals surface area contributed by atoms with Gasteiger partial charge in [-0.25, -0.2) is 9.40 Å². The maximum Gasteiger partial charge on any atom is 0.282 e. The predicted octanol–water partition coefficient (Wildman–Crippen LogP) is 2.65. The van der Waals surface area contributed by atoms with Gasteiger partial charge in [-0.15, -0.1) is 0 Å². The highest BCUT2D eigenvalue weighted by Gasteiger charge is 2.34. The maximum atomic E-state index is 13.1. The number of halogens is 1. The third-order valence-corrected chi connectivity index (χ3v) is 4.34. The van der Waals surface area contributed by atoms with Crippen molar-refractivity contribution >= 4 is 29.5 Å². The zero-order chi connectivity index (χ0) is 20.5. The predicted molar refractivity (Wildman–Crippen MR) is 103 cm³/mol.